The summed E-state index contributed by atoms with van der Waals surface area (Å²) < 4.78 is 3.17. The van der Waals surface area contributed by atoms with Crippen molar-refractivity contribution in [2.45, 2.75) is 24.9 Å². The number of nitrogens with two attached hydrogens (primary N) is 1. The number of carbonyl (C=O) groups excluding carboxylic acids is 2. The number of aromatic nitrogens is 3. The van der Waals surface area contributed by atoms with Crippen molar-refractivity contribution in [3.8, 4) is 0 Å². The number of piperazine rings is 1. The molecule has 3 aliphatic heterocycles. The SMILES string of the molecule is Cn1c(=O)n(C2CCC(=O)NC2=O)c2cccc(N3CC(N4CCN(c5ccc(N)nc5)CC4)C3)c21. The molecule has 11 heteroatoms. The van der Waals surface area contributed by atoms with E-state index in [0.29, 0.717) is 18.3 Å². The summed E-state index contributed by atoms with van der Waals surface area (Å²) in [5, 5.41) is 2.37. The maximum Gasteiger partial charge on any atom is 0.329 e. The van der Waals surface area contributed by atoms with Gasteiger partial charge in [-0.25, -0.2) is 9.78 Å². The third-order valence-corrected chi connectivity index (χ3v) is 7.77. The van der Waals surface area contributed by atoms with Gasteiger partial charge in [0.15, 0.2) is 0 Å². The number of aryl methyl sites for hydroxylation is 1. The fourth-order valence-corrected chi connectivity index (χ4v) is 5.72. The minimum Gasteiger partial charge on any atom is -0.384 e. The predicted molar refractivity (Wildman–Crippen MR) is 137 cm³/mol. The van der Waals surface area contributed by atoms with Crippen LogP contribution in [0, 0.1) is 0 Å². The van der Waals surface area contributed by atoms with E-state index in [1.807, 2.05) is 36.5 Å². The van der Waals surface area contributed by atoms with Crippen molar-refractivity contribution in [1.82, 2.24) is 24.3 Å². The molecule has 3 aromatic rings. The lowest BCUT2D eigenvalue weighted by Gasteiger charge is -2.49. The van der Waals surface area contributed by atoms with Crippen LogP contribution in [0.25, 0.3) is 11.0 Å². The second kappa shape index (κ2) is 8.66. The second-order valence-corrected chi connectivity index (χ2v) is 9.85. The summed E-state index contributed by atoms with van der Waals surface area (Å²) in [5.74, 6) is -0.168. The Morgan fingerprint density at radius 3 is 2.47 bits per heavy atom. The number of pyridine rings is 1. The molecule has 1 aromatic carbocycles. The predicted octanol–water partition coefficient (Wildman–Crippen LogP) is 0.306. The summed E-state index contributed by atoms with van der Waals surface area (Å²) in [7, 11) is 1.75. The van der Waals surface area contributed by atoms with Gasteiger partial charge in [0.2, 0.25) is 11.8 Å². The van der Waals surface area contributed by atoms with Gasteiger partial charge in [0.1, 0.15) is 11.9 Å². The first kappa shape index (κ1) is 22.6. The lowest BCUT2D eigenvalue weighted by atomic mass is 10.0. The number of anilines is 3. The summed E-state index contributed by atoms with van der Waals surface area (Å²) in [5.41, 5.74) is 9.13. The smallest absolute Gasteiger partial charge is 0.329 e. The lowest BCUT2D eigenvalue weighted by Crippen LogP contribution is -2.63. The molecule has 0 radical (unpaired) electrons. The van der Waals surface area contributed by atoms with Crippen LogP contribution in [0.4, 0.5) is 17.2 Å². The van der Waals surface area contributed by atoms with E-state index in [4.69, 9.17) is 5.73 Å². The summed E-state index contributed by atoms with van der Waals surface area (Å²) in [6.45, 7) is 5.64. The van der Waals surface area contributed by atoms with Gasteiger partial charge in [-0.3, -0.25) is 28.9 Å². The largest absolute Gasteiger partial charge is 0.384 e. The third-order valence-electron chi connectivity index (χ3n) is 7.77. The van der Waals surface area contributed by atoms with Crippen LogP contribution in [0.5, 0.6) is 0 Å². The molecule has 188 valence electrons. The fraction of sp³-hybridized carbons (Fsp3) is 0.440. The minimum atomic E-state index is -0.675. The number of para-hydroxylation sites is 1. The number of hydrogen-bond donors (Lipinski definition) is 2. The van der Waals surface area contributed by atoms with Crippen molar-refractivity contribution in [2.75, 3.05) is 54.8 Å². The molecule has 3 N–H and O–H groups in total. The number of benzene rings is 1. The number of nitrogens with one attached hydrogen (secondary N) is 1. The van der Waals surface area contributed by atoms with Gasteiger partial charge < -0.3 is 15.5 Å². The molecule has 36 heavy (non-hydrogen) atoms. The number of imidazole rings is 1. The van der Waals surface area contributed by atoms with E-state index >= 15 is 0 Å². The molecule has 6 rings (SSSR count). The molecule has 11 nitrogen and oxygen atoms in total. The topological polar surface area (TPSA) is 122 Å². The summed E-state index contributed by atoms with van der Waals surface area (Å²) in [4.78, 5) is 48.7. The van der Waals surface area contributed by atoms with Crippen LogP contribution in [-0.4, -0.2) is 76.1 Å². The molecule has 2 aromatic heterocycles. The number of fused-ring (bicyclic) bond motifs is 1. The van der Waals surface area contributed by atoms with Crippen molar-refractivity contribution < 1.29 is 9.59 Å². The standard InChI is InChI=1S/C25H30N8O3/c1-29-23-18(3-2-4-19(23)33(25(29)36)20-6-8-22(34)28-24(20)35)32-14-17(15-32)31-11-9-30(10-12-31)16-5-7-21(26)27-13-16/h2-5,7,13,17,20H,6,8-12,14-15H2,1H3,(H2,26,27)(H,28,34,35). The van der Waals surface area contributed by atoms with Crippen LogP contribution in [0.3, 0.4) is 0 Å². The van der Waals surface area contributed by atoms with Gasteiger partial charge >= 0.3 is 5.69 Å². The van der Waals surface area contributed by atoms with Gasteiger partial charge in [-0.05, 0) is 30.7 Å². The number of hydrogen-bond acceptors (Lipinski definition) is 8. The van der Waals surface area contributed by atoms with Crippen LogP contribution in [0.2, 0.25) is 0 Å². The molecular formula is C25H30N8O3. The number of carbonyl (C=O) groups is 2. The molecular weight excluding hydrogens is 460 g/mol. The highest BCUT2D eigenvalue weighted by molar-refractivity contribution is 6.00. The quantitative estimate of drug-likeness (QED) is 0.501. The Morgan fingerprint density at radius 1 is 1.00 bits per heavy atom. The van der Waals surface area contributed by atoms with E-state index in [1.54, 1.807) is 16.2 Å². The van der Waals surface area contributed by atoms with Crippen LogP contribution >= 0.6 is 0 Å². The molecule has 0 saturated carbocycles. The van der Waals surface area contributed by atoms with Crippen molar-refractivity contribution in [3.63, 3.8) is 0 Å². The zero-order valence-corrected chi connectivity index (χ0v) is 20.3. The average Bonchev–Trinajstić information content (AvgIpc) is 3.10. The summed E-state index contributed by atoms with van der Waals surface area (Å²) in [6.07, 6.45) is 2.40. The normalized spacial score (nSPS) is 21.6. The first-order valence-corrected chi connectivity index (χ1v) is 12.4. The maximum absolute atomic E-state index is 13.2. The molecule has 1 unspecified atom stereocenters. The lowest BCUT2D eigenvalue weighted by molar-refractivity contribution is -0.135. The van der Waals surface area contributed by atoms with Crippen molar-refractivity contribution in [3.05, 3.63) is 47.0 Å². The molecule has 2 amide bonds. The highest BCUT2D eigenvalue weighted by Gasteiger charge is 2.36. The molecule has 0 aliphatic carbocycles. The Hall–Kier alpha value is -3.86. The molecule has 1 atom stereocenters. The fourth-order valence-electron chi connectivity index (χ4n) is 5.72. The number of amides is 2. The van der Waals surface area contributed by atoms with E-state index in [-0.39, 0.29) is 18.0 Å². The third kappa shape index (κ3) is 3.70. The first-order valence-electron chi connectivity index (χ1n) is 12.4. The molecule has 0 spiro atoms. The summed E-state index contributed by atoms with van der Waals surface area (Å²) in [6, 6.07) is 9.51. The number of imide groups is 1. The highest BCUT2D eigenvalue weighted by atomic mass is 16.2. The van der Waals surface area contributed by atoms with Gasteiger partial charge in [-0.1, -0.05) is 6.07 Å². The van der Waals surface area contributed by atoms with Crippen LogP contribution in [0.15, 0.2) is 41.3 Å². The zero-order chi connectivity index (χ0) is 25.0. The zero-order valence-electron chi connectivity index (χ0n) is 20.3. The maximum atomic E-state index is 13.2. The molecule has 3 fully saturated rings. The number of nitrogen functional groups attached to an aromatic ring is 1. The Kier molecular flexibility index (Phi) is 5.44. The van der Waals surface area contributed by atoms with Crippen molar-refractivity contribution >= 4 is 40.0 Å². The van der Waals surface area contributed by atoms with Crippen LogP contribution in [0.1, 0.15) is 18.9 Å². The summed E-state index contributed by atoms with van der Waals surface area (Å²) >= 11 is 0. The van der Waals surface area contributed by atoms with Crippen molar-refractivity contribution in [1.29, 1.82) is 0 Å². The number of rotatable bonds is 4. The first-order chi connectivity index (χ1) is 17.4. The van der Waals surface area contributed by atoms with Gasteiger partial charge in [0, 0.05) is 58.8 Å². The molecule has 3 aliphatic rings. The number of piperidine rings is 1. The Labute approximate surface area is 208 Å². The Bertz CT molecular complexity index is 1380. The molecule has 3 saturated heterocycles. The average molecular weight is 491 g/mol. The Balaban J connectivity index is 1.17. The molecule has 0 bridgehead atoms. The Morgan fingerprint density at radius 2 is 1.78 bits per heavy atom. The van der Waals surface area contributed by atoms with Gasteiger partial charge in [-0.15, -0.1) is 0 Å². The number of nitrogens with zero attached hydrogens (tertiary/aromatic N) is 6. The minimum absolute atomic E-state index is 0.231. The van der Waals surface area contributed by atoms with Gasteiger partial charge in [0.25, 0.3) is 0 Å². The van der Waals surface area contributed by atoms with E-state index in [2.05, 4.69) is 25.0 Å². The van der Waals surface area contributed by atoms with E-state index in [1.165, 1.54) is 0 Å². The van der Waals surface area contributed by atoms with Crippen molar-refractivity contribution in [2.24, 2.45) is 7.05 Å². The second-order valence-electron chi connectivity index (χ2n) is 9.85. The monoisotopic (exact) mass is 490 g/mol. The van der Waals surface area contributed by atoms with E-state index in [0.717, 1.165) is 61.7 Å². The van der Waals surface area contributed by atoms with E-state index < -0.39 is 11.9 Å². The van der Waals surface area contributed by atoms with Gasteiger partial charge in [-0.2, -0.15) is 0 Å². The van der Waals surface area contributed by atoms with Crippen LogP contribution < -0.4 is 26.5 Å². The molecule has 5 heterocycles. The van der Waals surface area contributed by atoms with Gasteiger partial charge in [0.05, 0.1) is 28.6 Å². The van der Waals surface area contributed by atoms with Crippen LogP contribution in [-0.2, 0) is 16.6 Å². The highest BCUT2D eigenvalue weighted by Crippen LogP contribution is 2.33. The van der Waals surface area contributed by atoms with E-state index in [9.17, 15) is 14.4 Å².